The third-order valence-electron chi connectivity index (χ3n) is 4.06. The molecule has 0 atom stereocenters. The van der Waals surface area contributed by atoms with Crippen LogP contribution in [0, 0.1) is 0 Å². The van der Waals surface area contributed by atoms with Gasteiger partial charge >= 0.3 is 0 Å². The lowest BCUT2D eigenvalue weighted by atomic mass is 10.0. The van der Waals surface area contributed by atoms with Crippen molar-refractivity contribution in [2.45, 2.75) is 63.5 Å². The van der Waals surface area contributed by atoms with Crippen LogP contribution in [-0.4, -0.2) is 29.3 Å². The van der Waals surface area contributed by atoms with Gasteiger partial charge in [-0.15, -0.1) is 0 Å². The third kappa shape index (κ3) is 2.98. The van der Waals surface area contributed by atoms with E-state index < -0.39 is 0 Å². The molecule has 5 heteroatoms. The van der Waals surface area contributed by atoms with Crippen molar-refractivity contribution in [2.75, 3.05) is 13.2 Å². The topological polar surface area (TPSA) is 60.2 Å². The van der Waals surface area contributed by atoms with Gasteiger partial charge in [0.2, 0.25) is 11.7 Å². The summed E-state index contributed by atoms with van der Waals surface area (Å²) in [6.45, 7) is 3.65. The molecule has 1 N–H and O–H groups in total. The van der Waals surface area contributed by atoms with Gasteiger partial charge in [0.15, 0.2) is 0 Å². The van der Waals surface area contributed by atoms with Gasteiger partial charge in [0.1, 0.15) is 5.60 Å². The van der Waals surface area contributed by atoms with Gasteiger partial charge in [-0.25, -0.2) is 0 Å². The number of ether oxygens (including phenoxy) is 1. The Labute approximate surface area is 114 Å². The molecular weight excluding hydrogens is 242 g/mol. The number of nitrogens with one attached hydrogen (secondary N) is 1. The predicted octanol–water partition coefficient (Wildman–Crippen LogP) is 2.17. The molecule has 0 amide bonds. The first-order chi connectivity index (χ1) is 9.32. The third-order valence-corrected chi connectivity index (χ3v) is 4.06. The molecule has 0 aliphatic heterocycles. The Balaban J connectivity index is 1.61. The Bertz CT molecular complexity index is 409. The first-order valence-corrected chi connectivity index (χ1v) is 7.53. The summed E-state index contributed by atoms with van der Waals surface area (Å²) in [6.07, 6.45) is 7.83. The van der Waals surface area contributed by atoms with Gasteiger partial charge in [-0.05, 0) is 45.4 Å². The second-order valence-electron chi connectivity index (χ2n) is 5.62. The fourth-order valence-electron chi connectivity index (χ4n) is 2.87. The standard InChI is InChI=1S/C14H23N3O2/c1-2-18-14(8-3-4-9-14)13-16-12(19-17-13)7-10-15-11-5-6-11/h11,15H,2-10H2,1H3. The lowest BCUT2D eigenvalue weighted by Crippen LogP contribution is -2.27. The Morgan fingerprint density at radius 3 is 2.84 bits per heavy atom. The number of aromatic nitrogens is 2. The Morgan fingerprint density at radius 1 is 1.37 bits per heavy atom. The number of nitrogens with zero attached hydrogens (tertiary/aromatic N) is 2. The highest BCUT2D eigenvalue weighted by Gasteiger charge is 2.40. The van der Waals surface area contributed by atoms with Crippen molar-refractivity contribution >= 4 is 0 Å². The molecule has 0 bridgehead atoms. The average molecular weight is 265 g/mol. The summed E-state index contributed by atoms with van der Waals surface area (Å²) in [5.41, 5.74) is -0.277. The minimum absolute atomic E-state index is 0.277. The van der Waals surface area contributed by atoms with Crippen LogP contribution in [-0.2, 0) is 16.8 Å². The zero-order valence-corrected chi connectivity index (χ0v) is 11.7. The van der Waals surface area contributed by atoms with E-state index in [9.17, 15) is 0 Å². The van der Waals surface area contributed by atoms with Gasteiger partial charge in [-0.2, -0.15) is 4.98 Å². The minimum atomic E-state index is -0.277. The fourth-order valence-corrected chi connectivity index (χ4v) is 2.87. The number of rotatable bonds is 7. The number of hydrogen-bond acceptors (Lipinski definition) is 5. The van der Waals surface area contributed by atoms with Gasteiger partial charge < -0.3 is 14.6 Å². The van der Waals surface area contributed by atoms with Crippen LogP contribution in [0.1, 0.15) is 57.2 Å². The van der Waals surface area contributed by atoms with E-state index in [1.54, 1.807) is 0 Å². The molecule has 0 radical (unpaired) electrons. The molecule has 1 aromatic heterocycles. The van der Waals surface area contributed by atoms with Crippen LogP contribution in [0.25, 0.3) is 0 Å². The van der Waals surface area contributed by atoms with Crippen LogP contribution in [0.3, 0.4) is 0 Å². The molecule has 0 aromatic carbocycles. The Hall–Kier alpha value is -0.940. The molecule has 1 heterocycles. The molecule has 0 spiro atoms. The van der Waals surface area contributed by atoms with Crippen molar-refractivity contribution in [2.24, 2.45) is 0 Å². The van der Waals surface area contributed by atoms with E-state index in [2.05, 4.69) is 15.5 Å². The van der Waals surface area contributed by atoms with Gasteiger partial charge in [-0.3, -0.25) is 0 Å². The quantitative estimate of drug-likeness (QED) is 0.818. The first-order valence-electron chi connectivity index (χ1n) is 7.53. The van der Waals surface area contributed by atoms with Crippen LogP contribution in [0.4, 0.5) is 0 Å². The number of hydrogen-bond donors (Lipinski definition) is 1. The van der Waals surface area contributed by atoms with E-state index in [1.165, 1.54) is 25.7 Å². The molecule has 2 saturated carbocycles. The average Bonchev–Trinajstić information content (AvgIpc) is 2.91. The van der Waals surface area contributed by atoms with Crippen molar-refractivity contribution in [3.63, 3.8) is 0 Å². The molecule has 3 rings (SSSR count). The van der Waals surface area contributed by atoms with Crippen LogP contribution >= 0.6 is 0 Å². The molecule has 5 nitrogen and oxygen atoms in total. The smallest absolute Gasteiger partial charge is 0.228 e. The molecule has 2 aliphatic carbocycles. The second kappa shape index (κ2) is 5.59. The van der Waals surface area contributed by atoms with Gasteiger partial charge in [0.05, 0.1) is 0 Å². The lowest BCUT2D eigenvalue weighted by molar-refractivity contribution is -0.0469. The highest BCUT2D eigenvalue weighted by atomic mass is 16.5. The van der Waals surface area contributed by atoms with Crippen LogP contribution < -0.4 is 5.32 Å². The molecule has 2 aliphatic rings. The van der Waals surface area contributed by atoms with Crippen molar-refractivity contribution < 1.29 is 9.26 Å². The normalized spacial score (nSPS) is 21.9. The van der Waals surface area contributed by atoms with Crippen molar-refractivity contribution in [3.05, 3.63) is 11.7 Å². The maximum Gasteiger partial charge on any atom is 0.228 e. The molecule has 0 unspecified atom stereocenters. The van der Waals surface area contributed by atoms with Crippen LogP contribution in [0.2, 0.25) is 0 Å². The largest absolute Gasteiger partial charge is 0.367 e. The molecular formula is C14H23N3O2. The van der Waals surface area contributed by atoms with Gasteiger partial charge in [-0.1, -0.05) is 5.16 Å². The Morgan fingerprint density at radius 2 is 2.16 bits per heavy atom. The SMILES string of the molecule is CCOC1(c2noc(CCNC3CC3)n2)CCCC1. The van der Waals surface area contributed by atoms with E-state index >= 15 is 0 Å². The predicted molar refractivity (Wildman–Crippen MR) is 70.8 cm³/mol. The van der Waals surface area contributed by atoms with Crippen LogP contribution in [0.15, 0.2) is 4.52 Å². The van der Waals surface area contributed by atoms with E-state index in [0.717, 1.165) is 43.6 Å². The summed E-state index contributed by atoms with van der Waals surface area (Å²) in [5.74, 6) is 1.49. The fraction of sp³-hybridized carbons (Fsp3) is 0.857. The maximum atomic E-state index is 5.94. The monoisotopic (exact) mass is 265 g/mol. The van der Waals surface area contributed by atoms with Crippen LogP contribution in [0.5, 0.6) is 0 Å². The van der Waals surface area contributed by atoms with E-state index in [-0.39, 0.29) is 5.60 Å². The van der Waals surface area contributed by atoms with E-state index in [1.807, 2.05) is 6.92 Å². The summed E-state index contributed by atoms with van der Waals surface area (Å²) >= 11 is 0. The van der Waals surface area contributed by atoms with Crippen molar-refractivity contribution in [3.8, 4) is 0 Å². The zero-order valence-electron chi connectivity index (χ0n) is 11.7. The van der Waals surface area contributed by atoms with E-state index in [4.69, 9.17) is 9.26 Å². The lowest BCUT2D eigenvalue weighted by Gasteiger charge is -2.24. The summed E-state index contributed by atoms with van der Waals surface area (Å²) in [6, 6.07) is 0.729. The molecule has 19 heavy (non-hydrogen) atoms. The van der Waals surface area contributed by atoms with E-state index in [0.29, 0.717) is 6.61 Å². The summed E-state index contributed by atoms with van der Waals surface area (Å²) in [5, 5.41) is 7.62. The molecule has 2 fully saturated rings. The summed E-state index contributed by atoms with van der Waals surface area (Å²) in [7, 11) is 0. The Kier molecular flexibility index (Phi) is 3.84. The first kappa shape index (κ1) is 13.1. The van der Waals surface area contributed by atoms with Gasteiger partial charge in [0.25, 0.3) is 0 Å². The van der Waals surface area contributed by atoms with Crippen molar-refractivity contribution in [1.29, 1.82) is 0 Å². The second-order valence-corrected chi connectivity index (χ2v) is 5.62. The van der Waals surface area contributed by atoms with Gasteiger partial charge in [0, 0.05) is 25.6 Å². The molecule has 0 saturated heterocycles. The summed E-state index contributed by atoms with van der Waals surface area (Å²) < 4.78 is 11.3. The minimum Gasteiger partial charge on any atom is -0.367 e. The molecule has 1 aromatic rings. The van der Waals surface area contributed by atoms with Crippen molar-refractivity contribution in [1.82, 2.24) is 15.5 Å². The highest BCUT2D eigenvalue weighted by molar-refractivity contribution is 5.04. The maximum absolute atomic E-state index is 5.94. The zero-order chi connectivity index (χ0) is 13.1. The molecule has 106 valence electrons. The summed E-state index contributed by atoms with van der Waals surface area (Å²) in [4.78, 5) is 4.56. The highest BCUT2D eigenvalue weighted by Crippen LogP contribution is 2.40.